The number of amides is 2. The predicted molar refractivity (Wildman–Crippen MR) is 124 cm³/mol. The highest BCUT2D eigenvalue weighted by atomic mass is 16.6. The second-order valence-electron chi connectivity index (χ2n) is 9.25. The largest absolute Gasteiger partial charge is 0.368 e. The summed E-state index contributed by atoms with van der Waals surface area (Å²) in [5.41, 5.74) is 1.90. The number of nitro benzene ring substituents is 1. The lowest BCUT2D eigenvalue weighted by Crippen LogP contribution is -2.46. The molecule has 2 saturated heterocycles. The van der Waals surface area contributed by atoms with Crippen molar-refractivity contribution in [3.63, 3.8) is 0 Å². The molecule has 4 atom stereocenters. The van der Waals surface area contributed by atoms with Crippen molar-refractivity contribution in [2.24, 2.45) is 23.7 Å². The summed E-state index contributed by atoms with van der Waals surface area (Å²) in [6.45, 7) is 2.81. The lowest BCUT2D eigenvalue weighted by Gasteiger charge is -2.37. The van der Waals surface area contributed by atoms with E-state index < -0.39 is 4.92 Å². The van der Waals surface area contributed by atoms with Gasteiger partial charge in [-0.05, 0) is 42.5 Å². The van der Waals surface area contributed by atoms with E-state index in [9.17, 15) is 19.7 Å². The van der Waals surface area contributed by atoms with Crippen LogP contribution in [0.3, 0.4) is 0 Å². The number of piperazine rings is 1. The van der Waals surface area contributed by atoms with Gasteiger partial charge in [0.25, 0.3) is 5.69 Å². The number of fused-ring (bicyclic) bond motifs is 5. The molecule has 0 spiro atoms. The fourth-order valence-electron chi connectivity index (χ4n) is 6.07. The second kappa shape index (κ2) is 7.43. The Morgan fingerprint density at radius 3 is 2.00 bits per heavy atom. The lowest BCUT2D eigenvalue weighted by atomic mass is 9.85. The maximum absolute atomic E-state index is 13.1. The van der Waals surface area contributed by atoms with Gasteiger partial charge < -0.3 is 9.80 Å². The van der Waals surface area contributed by atoms with E-state index in [0.29, 0.717) is 24.5 Å². The van der Waals surface area contributed by atoms with Crippen LogP contribution in [0.15, 0.2) is 60.7 Å². The molecular formula is C25H24N4O4. The van der Waals surface area contributed by atoms with Gasteiger partial charge >= 0.3 is 0 Å². The van der Waals surface area contributed by atoms with Crippen LogP contribution in [0, 0.1) is 33.8 Å². The number of imide groups is 1. The van der Waals surface area contributed by atoms with Crippen molar-refractivity contribution >= 4 is 34.6 Å². The van der Waals surface area contributed by atoms with Crippen LogP contribution in [0.1, 0.15) is 6.42 Å². The SMILES string of the molecule is O=C1[C@@H]2[C@H](C(=O)N1c1ccc(N3CCN(c4ccccc4)CC3)c([N+](=O)[O-])c1)[C@H]1C=C[C@@H]2C1. The molecule has 8 heteroatoms. The number of para-hydroxylation sites is 1. The van der Waals surface area contributed by atoms with Crippen molar-refractivity contribution in [1.29, 1.82) is 0 Å². The predicted octanol–water partition coefficient (Wildman–Crippen LogP) is 3.23. The topological polar surface area (TPSA) is 87.0 Å². The number of carbonyl (C=O) groups excluding carboxylic acids is 2. The minimum Gasteiger partial charge on any atom is -0.368 e. The summed E-state index contributed by atoms with van der Waals surface area (Å²) in [5.74, 6) is -0.872. The van der Waals surface area contributed by atoms with Gasteiger partial charge in [0.05, 0.1) is 22.4 Å². The zero-order chi connectivity index (χ0) is 22.7. The quantitative estimate of drug-likeness (QED) is 0.311. The van der Waals surface area contributed by atoms with Crippen molar-refractivity contribution < 1.29 is 14.5 Å². The van der Waals surface area contributed by atoms with Crippen LogP contribution < -0.4 is 14.7 Å². The van der Waals surface area contributed by atoms with Gasteiger partial charge in [0, 0.05) is 37.9 Å². The number of carbonyl (C=O) groups is 2. The first-order valence-corrected chi connectivity index (χ1v) is 11.4. The van der Waals surface area contributed by atoms with E-state index in [1.54, 1.807) is 12.1 Å². The molecule has 2 aromatic rings. The number of nitrogens with zero attached hydrogens (tertiary/aromatic N) is 4. The number of nitro groups is 1. The highest BCUT2D eigenvalue weighted by molar-refractivity contribution is 6.23. The summed E-state index contributed by atoms with van der Waals surface area (Å²) in [6, 6.07) is 14.9. The van der Waals surface area contributed by atoms with Gasteiger partial charge in [0.2, 0.25) is 11.8 Å². The number of allylic oxidation sites excluding steroid dienone is 2. The number of anilines is 3. The molecule has 0 aromatic heterocycles. The minimum absolute atomic E-state index is 0.0700. The van der Waals surface area contributed by atoms with Crippen LogP contribution >= 0.6 is 0 Å². The molecule has 2 aliphatic heterocycles. The van der Waals surface area contributed by atoms with E-state index in [1.807, 2.05) is 35.3 Å². The summed E-state index contributed by atoms with van der Waals surface area (Å²) in [5, 5.41) is 12.0. The van der Waals surface area contributed by atoms with Crippen LogP contribution in [0.25, 0.3) is 0 Å². The molecule has 0 N–H and O–H groups in total. The first kappa shape index (κ1) is 20.0. The van der Waals surface area contributed by atoms with Crippen molar-refractivity contribution in [1.82, 2.24) is 0 Å². The fourth-order valence-corrected chi connectivity index (χ4v) is 6.07. The zero-order valence-electron chi connectivity index (χ0n) is 18.0. The number of hydrogen-bond acceptors (Lipinski definition) is 6. The molecule has 0 radical (unpaired) electrons. The average molecular weight is 444 g/mol. The van der Waals surface area contributed by atoms with Crippen LogP contribution in [0.4, 0.5) is 22.7 Å². The van der Waals surface area contributed by atoms with Crippen molar-refractivity contribution in [2.45, 2.75) is 6.42 Å². The van der Waals surface area contributed by atoms with E-state index in [0.717, 1.165) is 25.2 Å². The Balaban J connectivity index is 1.25. The molecule has 168 valence electrons. The molecule has 6 rings (SSSR count). The Morgan fingerprint density at radius 2 is 1.39 bits per heavy atom. The Hall–Kier alpha value is -3.68. The number of rotatable bonds is 4. The lowest BCUT2D eigenvalue weighted by molar-refractivity contribution is -0.384. The third-order valence-electron chi connectivity index (χ3n) is 7.63. The maximum atomic E-state index is 13.1. The monoisotopic (exact) mass is 444 g/mol. The summed E-state index contributed by atoms with van der Waals surface area (Å²) in [7, 11) is 0. The van der Waals surface area contributed by atoms with Crippen LogP contribution in [-0.2, 0) is 9.59 Å². The molecule has 2 bridgehead atoms. The van der Waals surface area contributed by atoms with E-state index in [-0.39, 0.29) is 41.2 Å². The standard InChI is InChI=1S/C25H24N4O4/c30-24-22-16-6-7-17(14-16)23(22)25(31)28(24)19-8-9-20(21(15-19)29(32)33)27-12-10-26(11-13-27)18-4-2-1-3-5-18/h1-9,15-17,22-23H,10-14H2/t16-,17+,22+,23-. The van der Waals surface area contributed by atoms with Crippen molar-refractivity contribution in [3.05, 3.63) is 70.8 Å². The summed E-state index contributed by atoms with van der Waals surface area (Å²) >= 11 is 0. The third-order valence-corrected chi connectivity index (χ3v) is 7.63. The van der Waals surface area contributed by atoms with Crippen LogP contribution in [0.2, 0.25) is 0 Å². The highest BCUT2D eigenvalue weighted by Crippen LogP contribution is 2.53. The Bertz CT molecular complexity index is 1140. The molecule has 33 heavy (non-hydrogen) atoms. The normalized spacial score (nSPS) is 28.1. The maximum Gasteiger partial charge on any atom is 0.294 e. The molecule has 2 heterocycles. The minimum atomic E-state index is -0.417. The Labute approximate surface area is 191 Å². The number of benzene rings is 2. The molecule has 2 aliphatic carbocycles. The van der Waals surface area contributed by atoms with E-state index in [1.165, 1.54) is 11.0 Å². The number of hydrogen-bond donors (Lipinski definition) is 0. The molecule has 1 saturated carbocycles. The summed E-state index contributed by atoms with van der Waals surface area (Å²) < 4.78 is 0. The summed E-state index contributed by atoms with van der Waals surface area (Å²) in [6.07, 6.45) is 4.94. The molecule has 0 unspecified atom stereocenters. The van der Waals surface area contributed by atoms with E-state index >= 15 is 0 Å². The molecular weight excluding hydrogens is 420 g/mol. The van der Waals surface area contributed by atoms with Gasteiger partial charge in [-0.3, -0.25) is 19.7 Å². The van der Waals surface area contributed by atoms with Crippen molar-refractivity contribution in [2.75, 3.05) is 40.9 Å². The van der Waals surface area contributed by atoms with Crippen LogP contribution in [0.5, 0.6) is 0 Å². The average Bonchev–Trinajstić information content (AvgIpc) is 3.53. The first-order chi connectivity index (χ1) is 16.0. The first-order valence-electron chi connectivity index (χ1n) is 11.4. The Kier molecular flexibility index (Phi) is 4.50. The van der Waals surface area contributed by atoms with Gasteiger partial charge in [-0.2, -0.15) is 0 Å². The highest BCUT2D eigenvalue weighted by Gasteiger charge is 2.59. The Morgan fingerprint density at radius 1 is 0.788 bits per heavy atom. The van der Waals surface area contributed by atoms with Crippen molar-refractivity contribution in [3.8, 4) is 0 Å². The molecule has 3 fully saturated rings. The van der Waals surface area contributed by atoms with Crippen LogP contribution in [-0.4, -0.2) is 42.9 Å². The second-order valence-corrected chi connectivity index (χ2v) is 9.25. The molecule has 8 nitrogen and oxygen atoms in total. The van der Waals surface area contributed by atoms with Gasteiger partial charge in [-0.1, -0.05) is 30.4 Å². The zero-order valence-corrected chi connectivity index (χ0v) is 18.0. The molecule has 4 aliphatic rings. The smallest absolute Gasteiger partial charge is 0.294 e. The third kappa shape index (κ3) is 3.04. The van der Waals surface area contributed by atoms with Gasteiger partial charge in [-0.15, -0.1) is 0 Å². The van der Waals surface area contributed by atoms with Gasteiger partial charge in [0.1, 0.15) is 5.69 Å². The van der Waals surface area contributed by atoms with E-state index in [2.05, 4.69) is 17.0 Å². The summed E-state index contributed by atoms with van der Waals surface area (Å²) in [4.78, 5) is 43.2. The fraction of sp³-hybridized carbons (Fsp3) is 0.360. The van der Waals surface area contributed by atoms with Gasteiger partial charge in [-0.25, -0.2) is 4.90 Å². The molecule has 2 aromatic carbocycles. The van der Waals surface area contributed by atoms with Gasteiger partial charge in [0.15, 0.2) is 0 Å². The molecule has 2 amide bonds. The van der Waals surface area contributed by atoms with E-state index in [4.69, 9.17) is 0 Å².